The first-order chi connectivity index (χ1) is 11.0. The third-order valence-electron chi connectivity index (χ3n) is 3.91. The summed E-state index contributed by atoms with van der Waals surface area (Å²) in [5.41, 5.74) is 0.851. The van der Waals surface area contributed by atoms with Crippen LogP contribution in [0.4, 0.5) is 4.79 Å². The van der Waals surface area contributed by atoms with E-state index in [1.807, 2.05) is 30.3 Å². The lowest BCUT2D eigenvalue weighted by molar-refractivity contribution is -0.141. The van der Waals surface area contributed by atoms with Crippen LogP contribution >= 0.6 is 0 Å². The van der Waals surface area contributed by atoms with E-state index in [1.165, 1.54) is 4.90 Å². The van der Waals surface area contributed by atoms with Crippen LogP contribution in [-0.2, 0) is 20.9 Å². The van der Waals surface area contributed by atoms with Crippen LogP contribution in [0.3, 0.4) is 0 Å². The van der Waals surface area contributed by atoms with Crippen molar-refractivity contribution in [3.63, 3.8) is 0 Å². The van der Waals surface area contributed by atoms with Gasteiger partial charge in [-0.2, -0.15) is 0 Å². The van der Waals surface area contributed by atoms with Crippen LogP contribution in [0, 0.1) is 11.8 Å². The van der Waals surface area contributed by atoms with Gasteiger partial charge in [-0.05, 0) is 17.4 Å². The maximum atomic E-state index is 12.1. The fourth-order valence-corrected chi connectivity index (χ4v) is 2.81. The molecule has 1 aromatic rings. The molecule has 1 fully saturated rings. The zero-order valence-corrected chi connectivity index (χ0v) is 12.6. The number of benzene rings is 1. The van der Waals surface area contributed by atoms with E-state index in [2.05, 4.69) is 0 Å². The van der Waals surface area contributed by atoms with E-state index < -0.39 is 18.0 Å². The summed E-state index contributed by atoms with van der Waals surface area (Å²) in [6.45, 7) is 0.541. The summed E-state index contributed by atoms with van der Waals surface area (Å²) >= 11 is 0. The molecule has 0 unspecified atom stereocenters. The van der Waals surface area contributed by atoms with E-state index >= 15 is 0 Å². The third kappa shape index (κ3) is 4.98. The van der Waals surface area contributed by atoms with Gasteiger partial charge in [-0.25, -0.2) is 4.79 Å². The number of nitrogens with zero attached hydrogens (tertiary/aromatic N) is 1. The zero-order chi connectivity index (χ0) is 16.8. The molecule has 0 radical (unpaired) electrons. The predicted molar refractivity (Wildman–Crippen MR) is 79.7 cm³/mol. The Morgan fingerprint density at radius 1 is 1.00 bits per heavy atom. The number of amides is 1. The first-order valence-corrected chi connectivity index (χ1v) is 7.35. The number of hydrogen-bond donors (Lipinski definition) is 2. The molecular weight excluding hydrogens is 302 g/mol. The van der Waals surface area contributed by atoms with Crippen LogP contribution in [-0.4, -0.2) is 46.2 Å². The van der Waals surface area contributed by atoms with Crippen molar-refractivity contribution >= 4 is 18.0 Å². The summed E-state index contributed by atoms with van der Waals surface area (Å²) in [5.74, 6) is -2.73. The molecule has 1 aliphatic rings. The predicted octanol–water partition coefficient (Wildman–Crippen LogP) is 1.82. The fraction of sp³-hybridized carbons (Fsp3) is 0.438. The Kier molecular flexibility index (Phi) is 5.56. The second kappa shape index (κ2) is 7.62. The molecule has 1 heterocycles. The van der Waals surface area contributed by atoms with E-state index in [9.17, 15) is 14.4 Å². The van der Waals surface area contributed by atoms with Crippen molar-refractivity contribution in [1.29, 1.82) is 0 Å². The molecule has 7 nitrogen and oxygen atoms in total. The molecule has 23 heavy (non-hydrogen) atoms. The van der Waals surface area contributed by atoms with Crippen molar-refractivity contribution in [3.05, 3.63) is 35.9 Å². The Morgan fingerprint density at radius 2 is 1.52 bits per heavy atom. The van der Waals surface area contributed by atoms with Gasteiger partial charge in [0.1, 0.15) is 6.61 Å². The number of aliphatic carboxylic acids is 2. The Hall–Kier alpha value is -2.57. The summed E-state index contributed by atoms with van der Waals surface area (Å²) < 4.78 is 5.21. The van der Waals surface area contributed by atoms with E-state index in [4.69, 9.17) is 14.9 Å². The summed E-state index contributed by atoms with van der Waals surface area (Å²) in [5, 5.41) is 17.8. The molecule has 1 saturated heterocycles. The minimum absolute atomic E-state index is 0.128. The molecule has 7 heteroatoms. The fourth-order valence-electron chi connectivity index (χ4n) is 2.81. The Labute approximate surface area is 133 Å². The van der Waals surface area contributed by atoms with E-state index in [-0.39, 0.29) is 44.4 Å². The van der Waals surface area contributed by atoms with Crippen LogP contribution in [0.15, 0.2) is 30.3 Å². The van der Waals surface area contributed by atoms with Crippen molar-refractivity contribution in [2.24, 2.45) is 11.8 Å². The molecule has 0 aliphatic carbocycles. The second-order valence-electron chi connectivity index (χ2n) is 5.66. The summed E-state index contributed by atoms with van der Waals surface area (Å²) in [6.07, 6.45) is -0.849. The van der Waals surface area contributed by atoms with Gasteiger partial charge in [-0.3, -0.25) is 9.59 Å². The van der Waals surface area contributed by atoms with Gasteiger partial charge >= 0.3 is 18.0 Å². The number of hydrogen-bond acceptors (Lipinski definition) is 4. The van der Waals surface area contributed by atoms with Crippen molar-refractivity contribution in [2.75, 3.05) is 13.1 Å². The second-order valence-corrected chi connectivity index (χ2v) is 5.66. The van der Waals surface area contributed by atoms with Crippen LogP contribution in [0.2, 0.25) is 0 Å². The summed E-state index contributed by atoms with van der Waals surface area (Å²) in [4.78, 5) is 35.3. The maximum Gasteiger partial charge on any atom is 0.410 e. The lowest BCUT2D eigenvalue weighted by Crippen LogP contribution is -2.29. The van der Waals surface area contributed by atoms with Gasteiger partial charge in [-0.1, -0.05) is 30.3 Å². The lowest BCUT2D eigenvalue weighted by atomic mass is 9.90. The highest BCUT2D eigenvalue weighted by Gasteiger charge is 2.38. The Balaban J connectivity index is 1.92. The van der Waals surface area contributed by atoms with E-state index in [1.54, 1.807) is 0 Å². The average Bonchev–Trinajstić information content (AvgIpc) is 2.87. The topological polar surface area (TPSA) is 104 Å². The number of ether oxygens (including phenoxy) is 1. The molecule has 124 valence electrons. The largest absolute Gasteiger partial charge is 0.481 e. The van der Waals surface area contributed by atoms with Gasteiger partial charge in [0.2, 0.25) is 0 Å². The SMILES string of the molecule is O=C(O)C[C@@H]1CN(C(=O)OCc2ccccc2)C[C@H]1CC(=O)O. The molecule has 1 aromatic carbocycles. The smallest absolute Gasteiger partial charge is 0.410 e. The molecule has 1 amide bonds. The Morgan fingerprint density at radius 3 is 2.00 bits per heavy atom. The first-order valence-electron chi connectivity index (χ1n) is 7.35. The number of carbonyl (C=O) groups is 3. The highest BCUT2D eigenvalue weighted by molar-refractivity contribution is 5.71. The number of carboxylic acids is 2. The highest BCUT2D eigenvalue weighted by Crippen LogP contribution is 2.29. The molecule has 0 bridgehead atoms. The summed E-state index contributed by atoms with van der Waals surface area (Å²) in [6, 6.07) is 9.20. The van der Waals surface area contributed by atoms with Crippen LogP contribution in [0.5, 0.6) is 0 Å². The number of carbonyl (C=O) groups excluding carboxylic acids is 1. The monoisotopic (exact) mass is 321 g/mol. The Bertz CT molecular complexity index is 549. The molecule has 0 spiro atoms. The van der Waals surface area contributed by atoms with E-state index in [0.717, 1.165) is 5.56 Å². The normalized spacial score (nSPS) is 20.3. The van der Waals surface area contributed by atoms with Crippen molar-refractivity contribution in [3.8, 4) is 0 Å². The minimum Gasteiger partial charge on any atom is -0.481 e. The van der Waals surface area contributed by atoms with Gasteiger partial charge < -0.3 is 19.8 Å². The minimum atomic E-state index is -0.995. The van der Waals surface area contributed by atoms with Crippen LogP contribution in [0.1, 0.15) is 18.4 Å². The molecule has 0 aromatic heterocycles. The maximum absolute atomic E-state index is 12.1. The average molecular weight is 321 g/mol. The first kappa shape index (κ1) is 16.8. The van der Waals surface area contributed by atoms with Crippen molar-refractivity contribution in [2.45, 2.75) is 19.4 Å². The number of likely N-dealkylation sites (tertiary alicyclic amines) is 1. The van der Waals surface area contributed by atoms with Crippen molar-refractivity contribution in [1.82, 2.24) is 4.90 Å². The molecule has 2 N–H and O–H groups in total. The van der Waals surface area contributed by atoms with Gasteiger partial charge in [0.15, 0.2) is 0 Å². The third-order valence-corrected chi connectivity index (χ3v) is 3.91. The van der Waals surface area contributed by atoms with Crippen LogP contribution in [0.25, 0.3) is 0 Å². The van der Waals surface area contributed by atoms with E-state index in [0.29, 0.717) is 0 Å². The van der Waals surface area contributed by atoms with Crippen LogP contribution < -0.4 is 0 Å². The van der Waals surface area contributed by atoms with Gasteiger partial charge in [0.25, 0.3) is 0 Å². The quantitative estimate of drug-likeness (QED) is 0.828. The number of rotatable bonds is 6. The molecule has 1 aliphatic heterocycles. The molecular formula is C16H19NO6. The van der Waals surface area contributed by atoms with Crippen molar-refractivity contribution < 1.29 is 29.3 Å². The zero-order valence-electron chi connectivity index (χ0n) is 12.6. The highest BCUT2D eigenvalue weighted by atomic mass is 16.6. The standard InChI is InChI=1S/C16H19NO6/c18-14(19)6-12-8-17(9-13(12)7-15(20)21)16(22)23-10-11-4-2-1-3-5-11/h1-5,12-13H,6-10H2,(H,18,19)(H,20,21)/t12-,13-/m1/s1. The molecule has 2 rings (SSSR count). The van der Waals surface area contributed by atoms with Gasteiger partial charge in [-0.15, -0.1) is 0 Å². The molecule has 0 saturated carbocycles. The lowest BCUT2D eigenvalue weighted by Gasteiger charge is -2.16. The molecule has 2 atom stereocenters. The summed E-state index contributed by atoms with van der Waals surface area (Å²) in [7, 11) is 0. The van der Waals surface area contributed by atoms with Gasteiger partial charge in [0, 0.05) is 13.1 Å². The number of carboxylic acid groups (broad SMARTS) is 2. The van der Waals surface area contributed by atoms with Gasteiger partial charge in [0.05, 0.1) is 12.8 Å².